The van der Waals surface area contributed by atoms with Crippen molar-refractivity contribution < 1.29 is 10.3 Å². The molecule has 23 heavy (non-hydrogen) atoms. The van der Waals surface area contributed by atoms with E-state index in [1.807, 2.05) is 29.1 Å². The molecule has 0 unspecified atom stereocenters. The summed E-state index contributed by atoms with van der Waals surface area (Å²) in [5.41, 5.74) is 2.08. The van der Waals surface area contributed by atoms with Gasteiger partial charge in [0.2, 0.25) is 0 Å². The molecule has 1 heterocycles. The van der Waals surface area contributed by atoms with Crippen LogP contribution in [-0.4, -0.2) is 19.8 Å². The van der Waals surface area contributed by atoms with Gasteiger partial charge >= 0.3 is 0 Å². The number of benzene rings is 1. The Labute approximate surface area is 144 Å². The molecule has 1 aromatic heterocycles. The number of nitrogens with zero attached hydrogens (tertiary/aromatic N) is 3. The second-order valence-electron chi connectivity index (χ2n) is 5.66. The fourth-order valence-corrected chi connectivity index (χ4v) is 2.38. The Hall–Kier alpha value is -2.05. The van der Waals surface area contributed by atoms with Gasteiger partial charge in [0.05, 0.1) is 6.33 Å². The van der Waals surface area contributed by atoms with Gasteiger partial charge in [0.15, 0.2) is 0 Å². The van der Waals surface area contributed by atoms with Crippen LogP contribution in [0.3, 0.4) is 0 Å². The van der Waals surface area contributed by atoms with E-state index in [-0.39, 0.29) is 5.41 Å². The first kappa shape index (κ1) is 19.0. The van der Waals surface area contributed by atoms with Gasteiger partial charge in [-0.2, -0.15) is 0 Å². The highest BCUT2D eigenvalue weighted by atomic mass is 35.5. The van der Waals surface area contributed by atoms with E-state index in [1.165, 1.54) is 0 Å². The van der Waals surface area contributed by atoms with E-state index in [2.05, 4.69) is 25.8 Å². The largest absolute Gasteiger partial charge is 0.328 e. The first-order valence-electron chi connectivity index (χ1n) is 6.59. The summed E-state index contributed by atoms with van der Waals surface area (Å²) in [4.78, 5) is 12.4. The summed E-state index contributed by atoms with van der Waals surface area (Å²) < 4.78 is 1.92. The van der Waals surface area contributed by atoms with Crippen LogP contribution < -0.4 is 0 Å². The minimum Gasteiger partial charge on any atom is -0.328 e. The number of hydrogen-bond donors (Lipinski definition) is 1. The van der Waals surface area contributed by atoms with Gasteiger partial charge in [-0.25, -0.2) is 4.98 Å². The maximum atomic E-state index is 8.36. The summed E-state index contributed by atoms with van der Waals surface area (Å²) in [6.07, 6.45) is 7.45. The molecule has 2 aromatic rings. The van der Waals surface area contributed by atoms with Crippen molar-refractivity contribution in [2.75, 3.05) is 0 Å². The van der Waals surface area contributed by atoms with E-state index in [0.29, 0.717) is 10.0 Å². The van der Waals surface area contributed by atoms with Crippen LogP contribution in [0.4, 0.5) is 0 Å². The molecular formula is C15H17Cl2N3O3. The van der Waals surface area contributed by atoms with Crippen LogP contribution in [0.25, 0.3) is 11.8 Å². The predicted molar refractivity (Wildman–Crippen MR) is 91.1 cm³/mol. The molecule has 0 amide bonds. The highest BCUT2D eigenvalue weighted by molar-refractivity contribution is 6.35. The lowest BCUT2D eigenvalue weighted by Gasteiger charge is -2.24. The molecule has 6 nitrogen and oxygen atoms in total. The molecule has 0 aliphatic heterocycles. The summed E-state index contributed by atoms with van der Waals surface area (Å²) in [5.74, 6) is 0. The molecule has 0 radical (unpaired) electrons. The molecule has 2 rings (SSSR count). The highest BCUT2D eigenvalue weighted by Gasteiger charge is 2.21. The molecule has 1 aromatic carbocycles. The van der Waals surface area contributed by atoms with Gasteiger partial charge in [-0.05, 0) is 28.7 Å². The van der Waals surface area contributed by atoms with Crippen LogP contribution >= 0.6 is 23.2 Å². The van der Waals surface area contributed by atoms with Gasteiger partial charge in [-0.3, -0.25) is 0 Å². The molecule has 1 N–H and O–H groups in total. The summed E-state index contributed by atoms with van der Waals surface area (Å²) in [6.45, 7) is 6.46. The lowest BCUT2D eigenvalue weighted by atomic mass is 9.82. The van der Waals surface area contributed by atoms with Crippen molar-refractivity contribution >= 4 is 35.0 Å². The van der Waals surface area contributed by atoms with E-state index in [4.69, 9.17) is 38.5 Å². The zero-order chi connectivity index (χ0) is 17.6. The molecule has 0 bridgehead atoms. The van der Waals surface area contributed by atoms with Crippen LogP contribution in [0, 0.1) is 15.5 Å². The fourth-order valence-electron chi connectivity index (χ4n) is 1.87. The van der Waals surface area contributed by atoms with Crippen LogP contribution in [0.15, 0.2) is 36.9 Å². The predicted octanol–water partition coefficient (Wildman–Crippen LogP) is 4.89. The van der Waals surface area contributed by atoms with Gasteiger partial charge in [-0.1, -0.05) is 50.0 Å². The molecule has 0 saturated carbocycles. The van der Waals surface area contributed by atoms with Crippen LogP contribution in [-0.2, 0) is 0 Å². The lowest BCUT2D eigenvalue weighted by Crippen LogP contribution is -2.09. The molecule has 0 aliphatic rings. The van der Waals surface area contributed by atoms with Gasteiger partial charge in [0, 0.05) is 28.6 Å². The molecule has 124 valence electrons. The quantitative estimate of drug-likeness (QED) is 0.612. The van der Waals surface area contributed by atoms with Crippen LogP contribution in [0.2, 0.25) is 10.0 Å². The second-order valence-corrected chi connectivity index (χ2v) is 6.51. The second kappa shape index (κ2) is 7.99. The number of halogens is 2. The first-order chi connectivity index (χ1) is 10.6. The summed E-state index contributed by atoms with van der Waals surface area (Å²) in [5, 5.41) is 14.9. The van der Waals surface area contributed by atoms with E-state index in [0.717, 1.165) is 11.1 Å². The number of rotatable bonds is 2. The Morgan fingerprint density at radius 1 is 1.39 bits per heavy atom. The van der Waals surface area contributed by atoms with E-state index in [9.17, 15) is 0 Å². The number of hydrogen-bond acceptors (Lipinski definition) is 3. The van der Waals surface area contributed by atoms with E-state index < -0.39 is 5.09 Å². The Morgan fingerprint density at radius 2 is 2.00 bits per heavy atom. The zero-order valence-corrected chi connectivity index (χ0v) is 14.4. The zero-order valence-electron chi connectivity index (χ0n) is 12.9. The molecule has 0 atom stereocenters. The average Bonchev–Trinajstić information content (AvgIpc) is 2.88. The standard InChI is InChI=1S/C15H16Cl2N2.HNO3/c1-15(2,3)13(9-19-7-6-18-10-19)12-5-4-11(16)8-14(12)17;2-1(3)4/h4-10H,1-3H3;(H,2,3,4). The Bertz CT molecular complexity index is 688. The van der Waals surface area contributed by atoms with Gasteiger partial charge in [0.25, 0.3) is 5.09 Å². The third kappa shape index (κ3) is 6.30. The van der Waals surface area contributed by atoms with Crippen molar-refractivity contribution in [1.82, 2.24) is 9.55 Å². The van der Waals surface area contributed by atoms with Crippen molar-refractivity contribution in [3.63, 3.8) is 0 Å². The van der Waals surface area contributed by atoms with Crippen molar-refractivity contribution in [1.29, 1.82) is 0 Å². The Balaban J connectivity index is 0.000000593. The maximum Gasteiger partial charge on any atom is 0.291 e. The third-order valence-electron chi connectivity index (χ3n) is 2.83. The smallest absolute Gasteiger partial charge is 0.291 e. The van der Waals surface area contributed by atoms with Crippen molar-refractivity contribution in [3.8, 4) is 0 Å². The lowest BCUT2D eigenvalue weighted by molar-refractivity contribution is -0.742. The molecule has 0 fully saturated rings. The monoisotopic (exact) mass is 357 g/mol. The van der Waals surface area contributed by atoms with E-state index >= 15 is 0 Å². The third-order valence-corrected chi connectivity index (χ3v) is 3.38. The number of imidazole rings is 1. The molecule has 0 saturated heterocycles. The van der Waals surface area contributed by atoms with E-state index in [1.54, 1.807) is 18.6 Å². The normalized spacial score (nSPS) is 11.6. The SMILES string of the molecule is CC(C)(C)C(=Cn1ccnc1)c1ccc(Cl)cc1Cl.O=[N+]([O-])O. The van der Waals surface area contributed by atoms with Crippen molar-refractivity contribution in [3.05, 3.63) is 62.6 Å². The number of aromatic nitrogens is 2. The average molecular weight is 358 g/mol. The van der Waals surface area contributed by atoms with Crippen molar-refractivity contribution in [2.45, 2.75) is 20.8 Å². The highest BCUT2D eigenvalue weighted by Crippen LogP contribution is 2.38. The molecule has 8 heteroatoms. The fraction of sp³-hybridized carbons (Fsp3) is 0.267. The Kier molecular flexibility index (Phi) is 6.60. The van der Waals surface area contributed by atoms with Gasteiger partial charge in [0.1, 0.15) is 0 Å². The maximum absolute atomic E-state index is 8.36. The minimum atomic E-state index is -1.50. The summed E-state index contributed by atoms with van der Waals surface area (Å²) >= 11 is 12.3. The number of allylic oxidation sites excluding steroid dienone is 1. The topological polar surface area (TPSA) is 81.2 Å². The summed E-state index contributed by atoms with van der Waals surface area (Å²) in [6, 6.07) is 5.58. The molecular weight excluding hydrogens is 341 g/mol. The van der Waals surface area contributed by atoms with Crippen LogP contribution in [0.1, 0.15) is 26.3 Å². The van der Waals surface area contributed by atoms with Crippen molar-refractivity contribution in [2.24, 2.45) is 5.41 Å². The van der Waals surface area contributed by atoms with Gasteiger partial charge < -0.3 is 9.77 Å². The van der Waals surface area contributed by atoms with Gasteiger partial charge in [-0.15, -0.1) is 10.1 Å². The Morgan fingerprint density at radius 3 is 2.43 bits per heavy atom. The summed E-state index contributed by atoms with van der Waals surface area (Å²) in [7, 11) is 0. The van der Waals surface area contributed by atoms with Crippen LogP contribution in [0.5, 0.6) is 0 Å². The first-order valence-corrected chi connectivity index (χ1v) is 7.35. The minimum absolute atomic E-state index is 0.0399. The molecule has 0 spiro atoms. The molecule has 0 aliphatic carbocycles.